The van der Waals surface area contributed by atoms with Gasteiger partial charge in [-0.25, -0.2) is 0 Å². The van der Waals surface area contributed by atoms with Gasteiger partial charge in [0.15, 0.2) is 0 Å². The molecule has 0 radical (unpaired) electrons. The smallest absolute Gasteiger partial charge is 0.131 e. The van der Waals surface area contributed by atoms with Gasteiger partial charge in [-0.05, 0) is 31.5 Å². The number of hydrogen-bond donors (Lipinski definition) is 1. The zero-order valence-corrected chi connectivity index (χ0v) is 13.3. The summed E-state index contributed by atoms with van der Waals surface area (Å²) in [6.07, 6.45) is 0.747. The van der Waals surface area contributed by atoms with Crippen molar-refractivity contribution in [1.29, 1.82) is 0 Å². The van der Waals surface area contributed by atoms with E-state index >= 15 is 0 Å². The Morgan fingerprint density at radius 1 is 1.38 bits per heavy atom. The van der Waals surface area contributed by atoms with Gasteiger partial charge in [-0.15, -0.1) is 0 Å². The van der Waals surface area contributed by atoms with Crippen LogP contribution >= 0.6 is 11.6 Å². The summed E-state index contributed by atoms with van der Waals surface area (Å²) in [4.78, 5) is 0. The fraction of sp³-hybridized carbons (Fsp3) is 0.400. The Balaban J connectivity index is 2.21. The standard InChI is InChI=1S/C15H20ClN3O2/c1-10-15(16)13(19(2)18-10)9-21-14-8-12(20-3)5-4-11(14)6-7-17/h4-5,8H,6-7,9,17H2,1-3H3. The van der Waals surface area contributed by atoms with Crippen LogP contribution in [-0.4, -0.2) is 23.4 Å². The van der Waals surface area contributed by atoms with Gasteiger partial charge in [0.1, 0.15) is 18.1 Å². The number of ether oxygens (including phenoxy) is 2. The topological polar surface area (TPSA) is 62.3 Å². The highest BCUT2D eigenvalue weighted by Crippen LogP contribution is 2.27. The van der Waals surface area contributed by atoms with Gasteiger partial charge in [-0.3, -0.25) is 4.68 Å². The predicted molar refractivity (Wildman–Crippen MR) is 83.0 cm³/mol. The molecule has 2 aromatic rings. The second-order valence-electron chi connectivity index (χ2n) is 4.77. The fourth-order valence-electron chi connectivity index (χ4n) is 2.14. The molecule has 0 aliphatic heterocycles. The fourth-order valence-corrected chi connectivity index (χ4v) is 2.36. The van der Waals surface area contributed by atoms with E-state index in [9.17, 15) is 0 Å². The Morgan fingerprint density at radius 3 is 2.71 bits per heavy atom. The molecular formula is C15H20ClN3O2. The predicted octanol–water partition coefficient (Wildman–Crippen LogP) is 2.47. The highest BCUT2D eigenvalue weighted by molar-refractivity contribution is 6.31. The molecule has 0 saturated heterocycles. The Kier molecular flexibility index (Phi) is 5.09. The molecule has 0 unspecified atom stereocenters. The quantitative estimate of drug-likeness (QED) is 0.890. The highest BCUT2D eigenvalue weighted by Gasteiger charge is 2.13. The molecule has 0 amide bonds. The Morgan fingerprint density at radius 2 is 2.14 bits per heavy atom. The summed E-state index contributed by atoms with van der Waals surface area (Å²) in [6.45, 7) is 2.78. The molecule has 0 aliphatic rings. The van der Waals surface area contributed by atoms with E-state index in [2.05, 4.69) is 5.10 Å². The van der Waals surface area contributed by atoms with E-state index in [0.717, 1.165) is 34.9 Å². The molecule has 0 fully saturated rings. The van der Waals surface area contributed by atoms with Crippen LogP contribution in [0.15, 0.2) is 18.2 Å². The lowest BCUT2D eigenvalue weighted by atomic mass is 10.1. The lowest BCUT2D eigenvalue weighted by molar-refractivity contribution is 0.290. The van der Waals surface area contributed by atoms with Crippen LogP contribution in [0, 0.1) is 6.92 Å². The lowest BCUT2D eigenvalue weighted by Crippen LogP contribution is -2.07. The first-order valence-electron chi connectivity index (χ1n) is 6.74. The van der Waals surface area contributed by atoms with E-state index in [1.165, 1.54) is 0 Å². The van der Waals surface area contributed by atoms with E-state index < -0.39 is 0 Å². The first kappa shape index (κ1) is 15.7. The third kappa shape index (κ3) is 3.49. The maximum atomic E-state index is 6.23. The van der Waals surface area contributed by atoms with Crippen molar-refractivity contribution in [2.75, 3.05) is 13.7 Å². The van der Waals surface area contributed by atoms with E-state index in [0.29, 0.717) is 18.2 Å². The number of halogens is 1. The zero-order chi connectivity index (χ0) is 15.4. The average molecular weight is 310 g/mol. The van der Waals surface area contributed by atoms with Crippen molar-refractivity contribution in [1.82, 2.24) is 9.78 Å². The van der Waals surface area contributed by atoms with Crippen LogP contribution in [0.3, 0.4) is 0 Å². The molecule has 1 heterocycles. The van der Waals surface area contributed by atoms with Crippen molar-refractivity contribution in [2.24, 2.45) is 12.8 Å². The van der Waals surface area contributed by atoms with Gasteiger partial charge in [0.05, 0.1) is 23.5 Å². The van der Waals surface area contributed by atoms with Gasteiger partial charge in [-0.1, -0.05) is 17.7 Å². The van der Waals surface area contributed by atoms with Crippen LogP contribution in [-0.2, 0) is 20.1 Å². The van der Waals surface area contributed by atoms with Crippen LogP contribution < -0.4 is 15.2 Å². The van der Waals surface area contributed by atoms with Crippen LogP contribution in [0.5, 0.6) is 11.5 Å². The largest absolute Gasteiger partial charge is 0.497 e. The summed E-state index contributed by atoms with van der Waals surface area (Å²) in [7, 11) is 3.48. The third-order valence-corrected chi connectivity index (χ3v) is 3.81. The molecule has 2 N–H and O–H groups in total. The number of methoxy groups -OCH3 is 1. The normalized spacial score (nSPS) is 10.7. The number of hydrogen-bond acceptors (Lipinski definition) is 4. The monoisotopic (exact) mass is 309 g/mol. The summed E-state index contributed by atoms with van der Waals surface area (Å²) in [5.41, 5.74) is 8.33. The SMILES string of the molecule is COc1ccc(CCN)c(OCc2c(Cl)c(C)nn2C)c1. The first-order chi connectivity index (χ1) is 10.1. The molecule has 0 saturated carbocycles. The minimum Gasteiger partial charge on any atom is -0.497 e. The summed E-state index contributed by atoms with van der Waals surface area (Å²) < 4.78 is 12.9. The molecule has 6 heteroatoms. The van der Waals surface area contributed by atoms with E-state index in [1.807, 2.05) is 32.2 Å². The minimum absolute atomic E-state index is 0.348. The van der Waals surface area contributed by atoms with Crippen molar-refractivity contribution in [2.45, 2.75) is 20.0 Å². The first-order valence-corrected chi connectivity index (χ1v) is 7.12. The molecule has 0 spiro atoms. The van der Waals surface area contributed by atoms with Gasteiger partial charge < -0.3 is 15.2 Å². The third-order valence-electron chi connectivity index (χ3n) is 3.31. The van der Waals surface area contributed by atoms with Crippen molar-refractivity contribution >= 4 is 11.6 Å². The number of aromatic nitrogens is 2. The van der Waals surface area contributed by atoms with Gasteiger partial charge >= 0.3 is 0 Å². The van der Waals surface area contributed by atoms with E-state index in [4.69, 9.17) is 26.8 Å². The summed E-state index contributed by atoms with van der Waals surface area (Å²) >= 11 is 6.23. The van der Waals surface area contributed by atoms with Crippen molar-refractivity contribution in [3.8, 4) is 11.5 Å². The second-order valence-corrected chi connectivity index (χ2v) is 5.15. The number of rotatable bonds is 6. The summed E-state index contributed by atoms with van der Waals surface area (Å²) in [5, 5.41) is 4.92. The number of benzene rings is 1. The summed E-state index contributed by atoms with van der Waals surface area (Å²) in [6, 6.07) is 5.73. The maximum absolute atomic E-state index is 6.23. The van der Waals surface area contributed by atoms with Crippen molar-refractivity contribution < 1.29 is 9.47 Å². The summed E-state index contributed by atoms with van der Waals surface area (Å²) in [5.74, 6) is 1.51. The molecule has 1 aromatic heterocycles. The second kappa shape index (κ2) is 6.83. The van der Waals surface area contributed by atoms with Crippen molar-refractivity contribution in [3.63, 3.8) is 0 Å². The molecule has 114 valence electrons. The molecule has 21 heavy (non-hydrogen) atoms. The number of nitrogens with zero attached hydrogens (tertiary/aromatic N) is 2. The van der Waals surface area contributed by atoms with Gasteiger partial charge in [-0.2, -0.15) is 5.10 Å². The molecule has 1 aromatic carbocycles. The minimum atomic E-state index is 0.348. The lowest BCUT2D eigenvalue weighted by Gasteiger charge is -2.13. The van der Waals surface area contributed by atoms with Gasteiger partial charge in [0.2, 0.25) is 0 Å². The molecule has 0 aliphatic carbocycles. The van der Waals surface area contributed by atoms with Gasteiger partial charge in [0.25, 0.3) is 0 Å². The number of aryl methyl sites for hydroxylation is 2. The Labute approximate surface area is 129 Å². The van der Waals surface area contributed by atoms with Crippen LogP contribution in [0.2, 0.25) is 5.02 Å². The Hall–Kier alpha value is -1.72. The average Bonchev–Trinajstić information content (AvgIpc) is 2.71. The highest BCUT2D eigenvalue weighted by atomic mass is 35.5. The maximum Gasteiger partial charge on any atom is 0.131 e. The zero-order valence-electron chi connectivity index (χ0n) is 12.5. The van der Waals surface area contributed by atoms with E-state index in [-0.39, 0.29) is 0 Å². The molecular weight excluding hydrogens is 290 g/mol. The number of nitrogens with two attached hydrogens (primary N) is 1. The van der Waals surface area contributed by atoms with Crippen LogP contribution in [0.25, 0.3) is 0 Å². The van der Waals surface area contributed by atoms with Crippen LogP contribution in [0.4, 0.5) is 0 Å². The van der Waals surface area contributed by atoms with Crippen molar-refractivity contribution in [3.05, 3.63) is 40.2 Å². The molecule has 5 nitrogen and oxygen atoms in total. The molecule has 0 atom stereocenters. The van der Waals surface area contributed by atoms with Crippen LogP contribution in [0.1, 0.15) is 17.0 Å². The Bertz CT molecular complexity index is 626. The van der Waals surface area contributed by atoms with E-state index in [1.54, 1.807) is 11.8 Å². The molecule has 0 bridgehead atoms. The van der Waals surface area contributed by atoms with Gasteiger partial charge in [0, 0.05) is 13.1 Å². The molecule has 2 rings (SSSR count).